The zero-order valence-corrected chi connectivity index (χ0v) is 17.1. The Morgan fingerprint density at radius 3 is 2.52 bits per heavy atom. The first-order chi connectivity index (χ1) is 14.6. The maximum Gasteiger partial charge on any atom is 0.329 e. The number of hydrogen-bond donors (Lipinski definition) is 2. The number of halogens is 3. The molecule has 0 radical (unpaired) electrons. The van der Waals surface area contributed by atoms with Gasteiger partial charge in [0.15, 0.2) is 0 Å². The fourth-order valence-electron chi connectivity index (χ4n) is 3.38. The van der Waals surface area contributed by atoms with Gasteiger partial charge >= 0.3 is 5.69 Å². The molecule has 0 unspecified atom stereocenters. The van der Waals surface area contributed by atoms with Gasteiger partial charge in [-0.15, -0.1) is 0 Å². The third-order valence-electron chi connectivity index (χ3n) is 4.81. The molecule has 2 atom stereocenters. The number of aromatic nitrogens is 3. The van der Waals surface area contributed by atoms with Crippen molar-refractivity contribution in [3.63, 3.8) is 0 Å². The number of benzene rings is 1. The Labute approximate surface area is 177 Å². The van der Waals surface area contributed by atoms with Gasteiger partial charge < -0.3 is 10.3 Å². The number of amides is 1. The highest BCUT2D eigenvalue weighted by Crippen LogP contribution is 2.20. The van der Waals surface area contributed by atoms with Gasteiger partial charge in [0, 0.05) is 8.92 Å². The summed E-state index contributed by atoms with van der Waals surface area (Å²) in [6.45, 7) is 5.03. The Bertz CT molecular complexity index is 1260. The SMILES string of the molecule is CC(C)C[C@@H](C(=O)N[C@@H](C)c1ncc(F)cc1F)n1c(=O)[nH]c2ccc(F)cc2c1=O.[HH].[HH]. The number of nitrogens with zero attached hydrogens (tertiary/aromatic N) is 2. The first-order valence-electron chi connectivity index (χ1n) is 9.64. The third-order valence-corrected chi connectivity index (χ3v) is 4.81. The van der Waals surface area contributed by atoms with Gasteiger partial charge in [-0.25, -0.2) is 22.5 Å². The van der Waals surface area contributed by atoms with Gasteiger partial charge in [-0.3, -0.25) is 14.6 Å². The van der Waals surface area contributed by atoms with E-state index in [1.807, 2.05) is 0 Å². The highest BCUT2D eigenvalue weighted by molar-refractivity contribution is 5.82. The van der Waals surface area contributed by atoms with Crippen molar-refractivity contribution in [2.24, 2.45) is 5.92 Å². The molecule has 1 amide bonds. The molecule has 0 aliphatic carbocycles. The van der Waals surface area contributed by atoms with Crippen molar-refractivity contribution in [1.29, 1.82) is 0 Å². The molecule has 0 aliphatic heterocycles. The summed E-state index contributed by atoms with van der Waals surface area (Å²) >= 11 is 0. The third kappa shape index (κ3) is 4.68. The van der Waals surface area contributed by atoms with Gasteiger partial charge in [0.1, 0.15) is 23.5 Å². The van der Waals surface area contributed by atoms with E-state index < -0.39 is 46.7 Å². The van der Waals surface area contributed by atoms with Gasteiger partial charge in [0.25, 0.3) is 5.56 Å². The smallest absolute Gasteiger partial charge is 0.329 e. The number of aromatic amines is 1. The van der Waals surface area contributed by atoms with Crippen molar-refractivity contribution >= 4 is 16.8 Å². The minimum absolute atomic E-state index is 0. The van der Waals surface area contributed by atoms with Crippen molar-refractivity contribution in [2.45, 2.75) is 39.3 Å². The lowest BCUT2D eigenvalue weighted by Crippen LogP contribution is -2.45. The number of H-pyrrole nitrogens is 1. The Hall–Kier alpha value is -3.43. The quantitative estimate of drug-likeness (QED) is 0.616. The Balaban J connectivity index is 0.00000272. The largest absolute Gasteiger partial charge is 0.346 e. The van der Waals surface area contributed by atoms with E-state index >= 15 is 0 Å². The second kappa shape index (κ2) is 8.75. The van der Waals surface area contributed by atoms with Gasteiger partial charge in [-0.05, 0) is 37.5 Å². The lowest BCUT2D eigenvalue weighted by atomic mass is 10.0. The van der Waals surface area contributed by atoms with Crippen molar-refractivity contribution in [1.82, 2.24) is 19.9 Å². The lowest BCUT2D eigenvalue weighted by molar-refractivity contribution is -0.125. The van der Waals surface area contributed by atoms with Crippen LogP contribution in [0.15, 0.2) is 40.1 Å². The van der Waals surface area contributed by atoms with Crippen molar-refractivity contribution in [3.05, 3.63) is 74.4 Å². The van der Waals surface area contributed by atoms with E-state index in [9.17, 15) is 27.6 Å². The summed E-state index contributed by atoms with van der Waals surface area (Å²) in [5.41, 5.74) is -1.70. The molecule has 2 N–H and O–H groups in total. The fraction of sp³-hybridized carbons (Fsp3) is 0.333. The molecule has 0 aliphatic rings. The summed E-state index contributed by atoms with van der Waals surface area (Å²) in [7, 11) is 0. The molecule has 0 saturated carbocycles. The lowest BCUT2D eigenvalue weighted by Gasteiger charge is -2.23. The van der Waals surface area contributed by atoms with Gasteiger partial charge in [-0.2, -0.15) is 0 Å². The molecule has 1 aromatic carbocycles. The van der Waals surface area contributed by atoms with E-state index in [1.54, 1.807) is 13.8 Å². The fourth-order valence-corrected chi connectivity index (χ4v) is 3.38. The monoisotopic (exact) mass is 438 g/mol. The van der Waals surface area contributed by atoms with Crippen molar-refractivity contribution in [3.8, 4) is 0 Å². The van der Waals surface area contributed by atoms with Crippen LogP contribution in [0, 0.1) is 23.4 Å². The van der Waals surface area contributed by atoms with E-state index in [2.05, 4.69) is 15.3 Å². The summed E-state index contributed by atoms with van der Waals surface area (Å²) in [6.07, 6.45) is 0.932. The maximum atomic E-state index is 14.0. The average molecular weight is 438 g/mol. The molecule has 0 bridgehead atoms. The molecular weight excluding hydrogens is 413 g/mol. The minimum atomic E-state index is -1.24. The maximum absolute atomic E-state index is 14.0. The molecule has 168 valence electrons. The Kier molecular flexibility index (Phi) is 6.28. The zero-order valence-electron chi connectivity index (χ0n) is 17.1. The summed E-state index contributed by atoms with van der Waals surface area (Å²) in [6, 6.07) is 1.79. The van der Waals surface area contributed by atoms with Crippen LogP contribution >= 0.6 is 0 Å². The molecular formula is C21H25F3N4O3. The average Bonchev–Trinajstić information content (AvgIpc) is 2.67. The van der Waals surface area contributed by atoms with Crippen LogP contribution in [0.2, 0.25) is 0 Å². The van der Waals surface area contributed by atoms with Crippen molar-refractivity contribution < 1.29 is 20.8 Å². The van der Waals surface area contributed by atoms with Crippen LogP contribution in [0.1, 0.15) is 47.8 Å². The summed E-state index contributed by atoms with van der Waals surface area (Å²) in [4.78, 5) is 44.8. The second-order valence-electron chi connectivity index (χ2n) is 7.69. The van der Waals surface area contributed by atoms with E-state index in [-0.39, 0.29) is 31.8 Å². The molecule has 7 nitrogen and oxygen atoms in total. The first-order valence-corrected chi connectivity index (χ1v) is 9.64. The highest BCUT2D eigenvalue weighted by Gasteiger charge is 2.28. The Morgan fingerprint density at radius 1 is 1.16 bits per heavy atom. The molecule has 3 rings (SSSR count). The molecule has 31 heavy (non-hydrogen) atoms. The number of fused-ring (bicyclic) bond motifs is 1. The van der Waals surface area contributed by atoms with Crippen LogP contribution in [-0.2, 0) is 4.79 Å². The predicted molar refractivity (Wildman–Crippen MR) is 112 cm³/mol. The van der Waals surface area contributed by atoms with Crippen LogP contribution in [0.5, 0.6) is 0 Å². The zero-order chi connectivity index (χ0) is 22.9. The molecule has 0 spiro atoms. The van der Waals surface area contributed by atoms with Crippen LogP contribution in [0.4, 0.5) is 13.2 Å². The summed E-state index contributed by atoms with van der Waals surface area (Å²) in [5.74, 6) is -3.29. The number of rotatable bonds is 6. The van der Waals surface area contributed by atoms with Crippen LogP contribution in [0.25, 0.3) is 10.9 Å². The minimum Gasteiger partial charge on any atom is -0.346 e. The summed E-state index contributed by atoms with van der Waals surface area (Å²) < 4.78 is 41.5. The van der Waals surface area contributed by atoms with Crippen LogP contribution < -0.4 is 16.6 Å². The number of pyridine rings is 1. The standard InChI is InChI=1S/C21H21F3N4O3.2H2/c1-10(2)6-17(19(29)26-11(3)18-15(24)8-13(23)9-25-18)28-20(30)14-7-12(22)4-5-16(14)27-21(28)31;;/h4-5,7-11,17H,6H2,1-3H3,(H,26,29)(H,27,31);2*1H/t11-,17-;;/m0../s1. The van der Waals surface area contributed by atoms with E-state index in [0.29, 0.717) is 6.07 Å². The molecule has 0 fully saturated rings. The van der Waals surface area contributed by atoms with Gasteiger partial charge in [0.2, 0.25) is 5.91 Å². The summed E-state index contributed by atoms with van der Waals surface area (Å²) in [5, 5.41) is 2.44. The molecule has 2 aromatic heterocycles. The number of carbonyl (C=O) groups is 1. The number of carbonyl (C=O) groups excluding carboxylic acids is 1. The molecule has 3 aromatic rings. The highest BCUT2D eigenvalue weighted by atomic mass is 19.1. The molecule has 2 heterocycles. The van der Waals surface area contributed by atoms with E-state index in [1.165, 1.54) is 13.0 Å². The predicted octanol–water partition coefficient (Wildman–Crippen LogP) is 3.46. The number of hydrogen-bond acceptors (Lipinski definition) is 4. The molecule has 10 heteroatoms. The van der Waals surface area contributed by atoms with Crippen LogP contribution in [0.3, 0.4) is 0 Å². The van der Waals surface area contributed by atoms with Gasteiger partial charge in [-0.1, -0.05) is 13.8 Å². The van der Waals surface area contributed by atoms with Gasteiger partial charge in [0.05, 0.1) is 28.8 Å². The topological polar surface area (TPSA) is 96.8 Å². The second-order valence-corrected chi connectivity index (χ2v) is 7.69. The number of nitrogens with one attached hydrogen (secondary N) is 2. The van der Waals surface area contributed by atoms with E-state index in [4.69, 9.17) is 0 Å². The van der Waals surface area contributed by atoms with E-state index in [0.717, 1.165) is 22.9 Å². The van der Waals surface area contributed by atoms with Crippen molar-refractivity contribution in [2.75, 3.05) is 0 Å². The molecule has 0 saturated heterocycles. The normalized spacial score (nSPS) is 13.4. The first kappa shape index (κ1) is 22.3. The Morgan fingerprint density at radius 2 is 1.87 bits per heavy atom. The van der Waals surface area contributed by atoms with Crippen LogP contribution in [-0.4, -0.2) is 20.4 Å².